The minimum Gasteiger partial charge on any atom is -0.378 e. The molecular formula is C25H39Cl2N5O3. The van der Waals surface area contributed by atoms with Crippen molar-refractivity contribution < 1.29 is 14.3 Å². The van der Waals surface area contributed by atoms with E-state index < -0.39 is 0 Å². The van der Waals surface area contributed by atoms with E-state index >= 15 is 0 Å². The van der Waals surface area contributed by atoms with Gasteiger partial charge in [0.25, 0.3) is 5.91 Å². The van der Waals surface area contributed by atoms with E-state index in [0.717, 1.165) is 11.0 Å². The third-order valence-corrected chi connectivity index (χ3v) is 6.57. The number of hydrogen-bond acceptors (Lipinski definition) is 5. The monoisotopic (exact) mass is 527 g/mol. The molecule has 3 heterocycles. The molecule has 0 aliphatic carbocycles. The zero-order chi connectivity index (χ0) is 23.5. The number of imidazole rings is 1. The van der Waals surface area contributed by atoms with Crippen LogP contribution in [-0.4, -0.2) is 83.1 Å². The zero-order valence-corrected chi connectivity index (χ0v) is 22.7. The van der Waals surface area contributed by atoms with Gasteiger partial charge in [0.1, 0.15) is 0 Å². The molecule has 10 heteroatoms. The number of ether oxygens (including phenoxy) is 1. The Morgan fingerprint density at radius 2 is 1.80 bits per heavy atom. The standard InChI is InChI=1S/C25H37N5O3.2ClH/c1-17(2)16-29(20-13-19(14-26-15-20)24(31)28-9-11-33-12-10-28)25(32)23-27-21-7-5-6-8-22(21)30(23)18(3)4;;/h5-8,17-20,26H,9-16H2,1-4H3;2*1H/t19-,20+;;/m1../s1. The molecule has 1 N–H and O–H groups in total. The highest BCUT2D eigenvalue weighted by Gasteiger charge is 2.37. The van der Waals surface area contributed by atoms with E-state index in [2.05, 4.69) is 33.0 Å². The van der Waals surface area contributed by atoms with Gasteiger partial charge in [-0.15, -0.1) is 24.8 Å². The number of benzene rings is 1. The predicted octanol–water partition coefficient (Wildman–Crippen LogP) is 3.40. The summed E-state index contributed by atoms with van der Waals surface area (Å²) in [6.07, 6.45) is 0.670. The number of halogens is 2. The first-order valence-corrected chi connectivity index (χ1v) is 12.2. The average Bonchev–Trinajstić information content (AvgIpc) is 3.22. The van der Waals surface area contributed by atoms with Crippen LogP contribution in [0.15, 0.2) is 24.3 Å². The van der Waals surface area contributed by atoms with E-state index in [-0.39, 0.29) is 54.6 Å². The Kier molecular flexibility index (Phi) is 10.8. The summed E-state index contributed by atoms with van der Waals surface area (Å²) in [5.41, 5.74) is 1.81. The van der Waals surface area contributed by atoms with E-state index in [9.17, 15) is 9.59 Å². The molecule has 0 spiro atoms. The van der Waals surface area contributed by atoms with Crippen LogP contribution in [0.3, 0.4) is 0 Å². The fraction of sp³-hybridized carbons (Fsp3) is 0.640. The molecule has 2 fully saturated rings. The first-order chi connectivity index (χ1) is 15.9. The molecule has 2 amide bonds. The highest BCUT2D eigenvalue weighted by atomic mass is 35.5. The lowest BCUT2D eigenvalue weighted by Gasteiger charge is -2.40. The number of aromatic nitrogens is 2. The second-order valence-electron chi connectivity index (χ2n) is 9.92. The number of piperidine rings is 1. The number of amides is 2. The molecular weight excluding hydrogens is 489 g/mol. The summed E-state index contributed by atoms with van der Waals surface area (Å²) in [7, 11) is 0. The van der Waals surface area contributed by atoms with Gasteiger partial charge in [0.2, 0.25) is 5.91 Å². The lowest BCUT2D eigenvalue weighted by Crippen LogP contribution is -2.56. The second kappa shape index (κ2) is 12.9. The van der Waals surface area contributed by atoms with Crippen LogP contribution in [0.25, 0.3) is 11.0 Å². The number of para-hydroxylation sites is 2. The quantitative estimate of drug-likeness (QED) is 0.622. The molecule has 0 unspecified atom stereocenters. The molecule has 4 rings (SSSR count). The molecule has 2 aliphatic heterocycles. The van der Waals surface area contributed by atoms with Crippen LogP contribution in [-0.2, 0) is 9.53 Å². The van der Waals surface area contributed by atoms with E-state index in [1.165, 1.54) is 0 Å². The van der Waals surface area contributed by atoms with Gasteiger partial charge in [-0.05, 0) is 38.3 Å². The first-order valence-electron chi connectivity index (χ1n) is 12.2. The molecule has 2 atom stereocenters. The Morgan fingerprint density at radius 3 is 2.46 bits per heavy atom. The Hall–Kier alpha value is -1.87. The minimum atomic E-state index is -0.131. The SMILES string of the molecule is CC(C)CN(C(=O)c1nc2ccccc2n1C(C)C)[C@@H]1CNC[C@H](C(=O)N2CCOCC2)C1.Cl.Cl. The Labute approximate surface area is 220 Å². The smallest absolute Gasteiger partial charge is 0.290 e. The minimum absolute atomic E-state index is 0. The Balaban J connectivity index is 0.00000216. The third kappa shape index (κ3) is 6.47. The highest BCUT2D eigenvalue weighted by molar-refractivity contribution is 5.95. The molecule has 1 aromatic carbocycles. The topological polar surface area (TPSA) is 79.7 Å². The van der Waals surface area contributed by atoms with Crippen molar-refractivity contribution in [2.75, 3.05) is 45.9 Å². The van der Waals surface area contributed by atoms with Crippen molar-refractivity contribution in [1.82, 2.24) is 24.7 Å². The molecule has 0 saturated carbocycles. The number of fused-ring (bicyclic) bond motifs is 1. The van der Waals surface area contributed by atoms with Gasteiger partial charge in [0.05, 0.1) is 30.2 Å². The number of hydrogen-bond donors (Lipinski definition) is 1. The number of rotatable bonds is 6. The van der Waals surface area contributed by atoms with E-state index in [1.807, 2.05) is 38.6 Å². The molecule has 2 saturated heterocycles. The summed E-state index contributed by atoms with van der Waals surface area (Å²) in [6, 6.07) is 7.96. The van der Waals surface area contributed by atoms with Gasteiger partial charge in [-0.2, -0.15) is 0 Å². The Morgan fingerprint density at radius 1 is 1.11 bits per heavy atom. The number of morpholine rings is 1. The van der Waals surface area contributed by atoms with Crippen LogP contribution in [0.1, 0.15) is 50.8 Å². The zero-order valence-electron chi connectivity index (χ0n) is 21.1. The van der Waals surface area contributed by atoms with Crippen molar-refractivity contribution >= 4 is 47.7 Å². The van der Waals surface area contributed by atoms with Crippen molar-refractivity contribution in [2.45, 2.75) is 46.2 Å². The van der Waals surface area contributed by atoms with Gasteiger partial charge in [-0.1, -0.05) is 26.0 Å². The lowest BCUT2D eigenvalue weighted by molar-refractivity contribution is -0.140. The van der Waals surface area contributed by atoms with Crippen LogP contribution >= 0.6 is 24.8 Å². The van der Waals surface area contributed by atoms with Crippen molar-refractivity contribution in [1.29, 1.82) is 0 Å². The fourth-order valence-electron chi connectivity index (χ4n) is 5.02. The number of carbonyl (C=O) groups is 2. The fourth-order valence-corrected chi connectivity index (χ4v) is 5.02. The van der Waals surface area contributed by atoms with Crippen LogP contribution in [0, 0.1) is 11.8 Å². The first kappa shape index (κ1) is 29.4. The average molecular weight is 529 g/mol. The summed E-state index contributed by atoms with van der Waals surface area (Å²) in [4.78, 5) is 35.7. The maximum Gasteiger partial charge on any atom is 0.290 e. The van der Waals surface area contributed by atoms with Gasteiger partial charge < -0.3 is 24.4 Å². The van der Waals surface area contributed by atoms with Gasteiger partial charge in [-0.25, -0.2) is 4.98 Å². The van der Waals surface area contributed by atoms with Crippen molar-refractivity contribution in [3.8, 4) is 0 Å². The predicted molar refractivity (Wildman–Crippen MR) is 143 cm³/mol. The van der Waals surface area contributed by atoms with Gasteiger partial charge in [0.15, 0.2) is 5.82 Å². The molecule has 0 radical (unpaired) electrons. The van der Waals surface area contributed by atoms with Crippen LogP contribution in [0.2, 0.25) is 0 Å². The van der Waals surface area contributed by atoms with Crippen molar-refractivity contribution in [3.05, 3.63) is 30.1 Å². The van der Waals surface area contributed by atoms with Crippen molar-refractivity contribution in [2.24, 2.45) is 11.8 Å². The summed E-state index contributed by atoms with van der Waals surface area (Å²) >= 11 is 0. The van der Waals surface area contributed by atoms with Crippen LogP contribution in [0.5, 0.6) is 0 Å². The summed E-state index contributed by atoms with van der Waals surface area (Å²) in [6.45, 7) is 12.9. The maximum atomic E-state index is 14.0. The van der Waals surface area contributed by atoms with Gasteiger partial charge in [-0.3, -0.25) is 9.59 Å². The largest absolute Gasteiger partial charge is 0.378 e. The van der Waals surface area contributed by atoms with Crippen LogP contribution < -0.4 is 5.32 Å². The Bertz CT molecular complexity index is 991. The van der Waals surface area contributed by atoms with Gasteiger partial charge in [0, 0.05) is 44.8 Å². The highest BCUT2D eigenvalue weighted by Crippen LogP contribution is 2.25. The molecule has 2 aromatic rings. The third-order valence-electron chi connectivity index (χ3n) is 6.57. The maximum absolute atomic E-state index is 14.0. The van der Waals surface area contributed by atoms with E-state index in [0.29, 0.717) is 64.1 Å². The molecule has 8 nitrogen and oxygen atoms in total. The van der Waals surface area contributed by atoms with Gasteiger partial charge >= 0.3 is 0 Å². The normalized spacial score (nSPS) is 20.5. The molecule has 2 aliphatic rings. The number of nitrogens with zero attached hydrogens (tertiary/aromatic N) is 4. The molecule has 35 heavy (non-hydrogen) atoms. The number of carbonyl (C=O) groups excluding carboxylic acids is 2. The summed E-state index contributed by atoms with van der Waals surface area (Å²) < 4.78 is 7.44. The molecule has 1 aromatic heterocycles. The molecule has 0 bridgehead atoms. The van der Waals surface area contributed by atoms with E-state index in [1.54, 1.807) is 0 Å². The van der Waals surface area contributed by atoms with E-state index in [4.69, 9.17) is 9.72 Å². The second-order valence-corrected chi connectivity index (χ2v) is 9.92. The van der Waals surface area contributed by atoms with Crippen LogP contribution in [0.4, 0.5) is 0 Å². The summed E-state index contributed by atoms with van der Waals surface area (Å²) in [5, 5.41) is 3.43. The number of nitrogens with one attached hydrogen (secondary N) is 1. The summed E-state index contributed by atoms with van der Waals surface area (Å²) in [5.74, 6) is 0.768. The van der Waals surface area contributed by atoms with Crippen molar-refractivity contribution in [3.63, 3.8) is 0 Å². The molecule has 196 valence electrons. The lowest BCUT2D eigenvalue weighted by atomic mass is 9.92.